The molecule has 0 aliphatic carbocycles. The number of nitrogens with one attached hydrogen (secondary N) is 2. The van der Waals surface area contributed by atoms with Crippen LogP contribution in [0.15, 0.2) is 23.4 Å². The summed E-state index contributed by atoms with van der Waals surface area (Å²) in [7, 11) is 0. The summed E-state index contributed by atoms with van der Waals surface area (Å²) in [6, 6.07) is 0. The van der Waals surface area contributed by atoms with Crippen LogP contribution in [0.3, 0.4) is 0 Å². The van der Waals surface area contributed by atoms with E-state index in [0.29, 0.717) is 30.5 Å². The van der Waals surface area contributed by atoms with E-state index in [-0.39, 0.29) is 11.7 Å². The van der Waals surface area contributed by atoms with Gasteiger partial charge in [-0.1, -0.05) is 6.08 Å². The molecule has 3 rings (SSSR count). The van der Waals surface area contributed by atoms with Gasteiger partial charge in [0.25, 0.3) is 5.56 Å². The zero-order chi connectivity index (χ0) is 16.6. The Bertz CT molecular complexity index is 826. The number of carbonyl (C=O) groups excluding carboxylic acids is 1. The summed E-state index contributed by atoms with van der Waals surface area (Å²) in [4.78, 5) is 35.5. The molecule has 0 atom stereocenters. The van der Waals surface area contributed by atoms with E-state index >= 15 is 0 Å². The van der Waals surface area contributed by atoms with Crippen LogP contribution in [0.25, 0.3) is 16.6 Å². The molecule has 0 bridgehead atoms. The van der Waals surface area contributed by atoms with Crippen molar-refractivity contribution in [2.24, 2.45) is 0 Å². The van der Waals surface area contributed by atoms with Gasteiger partial charge in [-0.05, 0) is 32.8 Å². The Hall–Kier alpha value is -2.57. The van der Waals surface area contributed by atoms with Crippen molar-refractivity contribution in [3.8, 4) is 0 Å². The lowest BCUT2D eigenvalue weighted by Gasteiger charge is -2.29. The fourth-order valence-corrected chi connectivity index (χ4v) is 2.63. The molecule has 23 heavy (non-hydrogen) atoms. The first-order valence-corrected chi connectivity index (χ1v) is 7.57. The number of aromatic amines is 2. The first-order valence-electron chi connectivity index (χ1n) is 7.57. The SMILES string of the molecule is CC(C)(C)OC(=O)N1CC=C(c2c[nH]c3nc[nH]c(=O)c23)CC1. The van der Waals surface area contributed by atoms with E-state index in [2.05, 4.69) is 15.0 Å². The number of hydrogen-bond donors (Lipinski definition) is 2. The normalized spacial score (nSPS) is 15.6. The van der Waals surface area contributed by atoms with Gasteiger partial charge in [0, 0.05) is 24.8 Å². The van der Waals surface area contributed by atoms with Gasteiger partial charge in [-0.2, -0.15) is 0 Å². The molecule has 7 heteroatoms. The molecule has 0 radical (unpaired) electrons. The maximum atomic E-state index is 12.1. The predicted molar refractivity (Wildman–Crippen MR) is 87.1 cm³/mol. The van der Waals surface area contributed by atoms with Crippen LogP contribution in [0.5, 0.6) is 0 Å². The standard InChI is InChI=1S/C16H20N4O3/c1-16(2,3)23-15(22)20-6-4-10(5-7-20)11-8-17-13-12(11)14(21)19-9-18-13/h4,8-9H,5-7H2,1-3H3,(H2,17,18,19,21). The molecule has 0 spiro atoms. The van der Waals surface area contributed by atoms with Gasteiger partial charge in [-0.25, -0.2) is 9.78 Å². The fraction of sp³-hybridized carbons (Fsp3) is 0.438. The minimum absolute atomic E-state index is 0.165. The summed E-state index contributed by atoms with van der Waals surface area (Å²) >= 11 is 0. The van der Waals surface area contributed by atoms with Crippen LogP contribution in [0, 0.1) is 0 Å². The van der Waals surface area contributed by atoms with Crippen LogP contribution < -0.4 is 5.56 Å². The lowest BCUT2D eigenvalue weighted by Crippen LogP contribution is -2.39. The largest absolute Gasteiger partial charge is 0.444 e. The molecule has 0 aromatic carbocycles. The maximum Gasteiger partial charge on any atom is 0.410 e. The van der Waals surface area contributed by atoms with Crippen molar-refractivity contribution in [2.75, 3.05) is 13.1 Å². The molecular weight excluding hydrogens is 296 g/mol. The van der Waals surface area contributed by atoms with Crippen molar-refractivity contribution < 1.29 is 9.53 Å². The van der Waals surface area contributed by atoms with Crippen LogP contribution in [0.2, 0.25) is 0 Å². The summed E-state index contributed by atoms with van der Waals surface area (Å²) in [5.74, 6) is 0. The number of nitrogens with zero attached hydrogens (tertiary/aromatic N) is 2. The Kier molecular flexibility index (Phi) is 3.71. The zero-order valence-electron chi connectivity index (χ0n) is 13.5. The van der Waals surface area contributed by atoms with E-state index in [1.165, 1.54) is 6.33 Å². The fourth-order valence-electron chi connectivity index (χ4n) is 2.63. The number of rotatable bonds is 1. The van der Waals surface area contributed by atoms with Crippen molar-refractivity contribution in [1.82, 2.24) is 19.9 Å². The predicted octanol–water partition coefficient (Wildman–Crippen LogP) is 2.28. The molecule has 2 aromatic heterocycles. The number of amides is 1. The second kappa shape index (κ2) is 5.57. The molecule has 0 fully saturated rings. The summed E-state index contributed by atoms with van der Waals surface area (Å²) < 4.78 is 5.38. The van der Waals surface area contributed by atoms with Crippen molar-refractivity contribution in [3.05, 3.63) is 34.5 Å². The van der Waals surface area contributed by atoms with E-state index in [9.17, 15) is 9.59 Å². The second-order valence-corrected chi connectivity index (χ2v) is 6.56. The van der Waals surface area contributed by atoms with Crippen molar-refractivity contribution in [2.45, 2.75) is 32.8 Å². The molecule has 1 aliphatic heterocycles. The molecule has 1 amide bonds. The van der Waals surface area contributed by atoms with Gasteiger partial charge in [0.1, 0.15) is 11.2 Å². The van der Waals surface area contributed by atoms with Crippen LogP contribution in [0.1, 0.15) is 32.8 Å². The lowest BCUT2D eigenvalue weighted by molar-refractivity contribution is 0.0270. The van der Waals surface area contributed by atoms with Crippen molar-refractivity contribution in [1.29, 1.82) is 0 Å². The van der Waals surface area contributed by atoms with Crippen molar-refractivity contribution in [3.63, 3.8) is 0 Å². The Morgan fingerprint density at radius 3 is 2.78 bits per heavy atom. The average Bonchev–Trinajstić information content (AvgIpc) is 2.91. The molecular formula is C16H20N4O3. The van der Waals surface area contributed by atoms with Crippen LogP contribution in [-0.4, -0.2) is 44.6 Å². The third kappa shape index (κ3) is 3.13. The minimum Gasteiger partial charge on any atom is -0.444 e. The quantitative estimate of drug-likeness (QED) is 0.844. The molecule has 0 saturated carbocycles. The smallest absolute Gasteiger partial charge is 0.410 e. The monoisotopic (exact) mass is 316 g/mol. The Balaban J connectivity index is 1.81. The highest BCUT2D eigenvalue weighted by Gasteiger charge is 2.24. The second-order valence-electron chi connectivity index (χ2n) is 6.56. The Morgan fingerprint density at radius 2 is 2.13 bits per heavy atom. The zero-order valence-corrected chi connectivity index (χ0v) is 13.5. The number of H-pyrrole nitrogens is 2. The summed E-state index contributed by atoms with van der Waals surface area (Å²) in [5, 5.41) is 0.560. The number of fused-ring (bicyclic) bond motifs is 1. The summed E-state index contributed by atoms with van der Waals surface area (Å²) in [5.41, 5.74) is 1.78. The van der Waals surface area contributed by atoms with Gasteiger partial charge in [0.2, 0.25) is 0 Å². The highest BCUT2D eigenvalue weighted by atomic mass is 16.6. The van der Waals surface area contributed by atoms with E-state index in [4.69, 9.17) is 4.74 Å². The van der Waals surface area contributed by atoms with Crippen molar-refractivity contribution >= 4 is 22.7 Å². The average molecular weight is 316 g/mol. The summed E-state index contributed by atoms with van der Waals surface area (Å²) in [6.45, 7) is 6.57. The third-order valence-electron chi connectivity index (χ3n) is 3.68. The first-order chi connectivity index (χ1) is 10.8. The van der Waals surface area contributed by atoms with Crippen LogP contribution in [0.4, 0.5) is 4.79 Å². The molecule has 3 heterocycles. The number of carbonyl (C=O) groups is 1. The van der Waals surface area contributed by atoms with Gasteiger partial charge in [0.05, 0.1) is 11.7 Å². The maximum absolute atomic E-state index is 12.1. The van der Waals surface area contributed by atoms with Gasteiger partial charge in [0.15, 0.2) is 0 Å². The highest BCUT2D eigenvalue weighted by molar-refractivity contribution is 5.90. The molecule has 122 valence electrons. The Morgan fingerprint density at radius 1 is 1.35 bits per heavy atom. The Labute approximate surface area is 133 Å². The van der Waals surface area contributed by atoms with E-state index in [1.54, 1.807) is 11.1 Å². The van der Waals surface area contributed by atoms with E-state index in [1.807, 2.05) is 26.8 Å². The minimum atomic E-state index is -0.503. The van der Waals surface area contributed by atoms with E-state index < -0.39 is 5.60 Å². The molecule has 7 nitrogen and oxygen atoms in total. The lowest BCUT2D eigenvalue weighted by atomic mass is 10.0. The molecule has 0 saturated heterocycles. The third-order valence-corrected chi connectivity index (χ3v) is 3.68. The van der Waals surface area contributed by atoms with Gasteiger partial charge in [-0.3, -0.25) is 4.79 Å². The van der Waals surface area contributed by atoms with Gasteiger partial charge < -0.3 is 19.6 Å². The molecule has 0 unspecified atom stereocenters. The van der Waals surface area contributed by atoms with Crippen LogP contribution >= 0.6 is 0 Å². The summed E-state index contributed by atoms with van der Waals surface area (Å²) in [6.07, 6.45) is 5.49. The topological polar surface area (TPSA) is 91.1 Å². The number of ether oxygens (including phenoxy) is 1. The number of hydrogen-bond acceptors (Lipinski definition) is 4. The van der Waals surface area contributed by atoms with E-state index in [0.717, 1.165) is 11.1 Å². The first kappa shape index (κ1) is 15.3. The highest BCUT2D eigenvalue weighted by Crippen LogP contribution is 2.27. The molecule has 2 N–H and O–H groups in total. The van der Waals surface area contributed by atoms with Gasteiger partial charge >= 0.3 is 6.09 Å². The van der Waals surface area contributed by atoms with Gasteiger partial charge in [-0.15, -0.1) is 0 Å². The molecule has 2 aromatic rings. The number of aromatic nitrogens is 3. The molecule has 1 aliphatic rings. The van der Waals surface area contributed by atoms with Crippen LogP contribution in [-0.2, 0) is 4.74 Å².